The molecule has 1 atom stereocenters. The van der Waals surface area contributed by atoms with Gasteiger partial charge in [-0.2, -0.15) is 0 Å². The van der Waals surface area contributed by atoms with Gasteiger partial charge in [-0.05, 0) is 32.1 Å². The third-order valence-corrected chi connectivity index (χ3v) is 3.57. The number of benzene rings is 1. The van der Waals surface area contributed by atoms with Gasteiger partial charge < -0.3 is 9.47 Å². The molecule has 0 saturated carbocycles. The van der Waals surface area contributed by atoms with Crippen molar-refractivity contribution in [2.24, 2.45) is 7.05 Å². The molecule has 2 rings (SSSR count). The van der Waals surface area contributed by atoms with Crippen LogP contribution < -0.4 is 10.4 Å². The summed E-state index contributed by atoms with van der Waals surface area (Å²) in [5, 5.41) is 0. The lowest BCUT2D eigenvalue weighted by atomic mass is 10.2. The third kappa shape index (κ3) is 3.30. The molecule has 1 aromatic heterocycles. The average molecular weight is 310 g/mol. The minimum atomic E-state index is -0.0182. The van der Waals surface area contributed by atoms with Gasteiger partial charge in [-0.3, -0.25) is 9.13 Å². The first-order chi connectivity index (χ1) is 10.1. The van der Waals surface area contributed by atoms with Crippen LogP contribution in [-0.2, 0) is 11.8 Å². The number of nitrogens with zero attached hydrogens (tertiary/aromatic N) is 2. The Morgan fingerprint density at radius 2 is 2.00 bits per heavy atom. The van der Waals surface area contributed by atoms with Gasteiger partial charge in [0, 0.05) is 13.1 Å². The van der Waals surface area contributed by atoms with Crippen LogP contribution in [0.5, 0.6) is 5.75 Å². The highest BCUT2D eigenvalue weighted by Crippen LogP contribution is 2.26. The highest BCUT2D eigenvalue weighted by Gasteiger charge is 2.16. The lowest BCUT2D eigenvalue weighted by Gasteiger charge is -2.10. The Balaban J connectivity index is 2.29. The number of aromatic nitrogens is 2. The average Bonchev–Trinajstić information content (AvgIpc) is 2.71. The normalized spacial score (nSPS) is 11.5. The van der Waals surface area contributed by atoms with Gasteiger partial charge in [0.05, 0.1) is 18.7 Å². The van der Waals surface area contributed by atoms with E-state index >= 15 is 0 Å². The molecule has 116 valence electrons. The summed E-state index contributed by atoms with van der Waals surface area (Å²) in [6.07, 6.45) is 0.918. The van der Waals surface area contributed by atoms with Crippen LogP contribution in [0.2, 0.25) is 0 Å². The summed E-state index contributed by atoms with van der Waals surface area (Å²) in [4.78, 5) is 12.3. The maximum absolute atomic E-state index is 12.3. The summed E-state index contributed by atoms with van der Waals surface area (Å²) < 4.78 is 14.6. The van der Waals surface area contributed by atoms with Crippen LogP contribution in [0.15, 0.2) is 23.0 Å². The Kier molecular flexibility index (Phi) is 5.43. The van der Waals surface area contributed by atoms with E-state index in [9.17, 15) is 4.79 Å². The van der Waals surface area contributed by atoms with Gasteiger partial charge in [0.25, 0.3) is 0 Å². The molecule has 2 aromatic rings. The number of imidazole rings is 1. The van der Waals surface area contributed by atoms with Crippen molar-refractivity contribution in [3.05, 3.63) is 28.7 Å². The molecule has 0 aliphatic heterocycles. The Bertz CT molecular complexity index is 661. The monoisotopic (exact) mass is 310 g/mol. The zero-order valence-electron chi connectivity index (χ0n) is 12.8. The van der Waals surface area contributed by atoms with Crippen molar-refractivity contribution < 1.29 is 9.47 Å². The van der Waals surface area contributed by atoms with E-state index < -0.39 is 0 Å². The molecule has 5 nitrogen and oxygen atoms in total. The molecule has 0 spiro atoms. The van der Waals surface area contributed by atoms with Crippen molar-refractivity contribution in [1.29, 1.82) is 0 Å². The number of ether oxygens (including phenoxy) is 2. The Morgan fingerprint density at radius 3 is 2.67 bits per heavy atom. The van der Waals surface area contributed by atoms with Crippen LogP contribution in [0.4, 0.5) is 0 Å². The molecule has 21 heavy (non-hydrogen) atoms. The molecule has 0 aliphatic carbocycles. The lowest BCUT2D eigenvalue weighted by Crippen LogP contribution is -2.23. The molecule has 1 unspecified atom stereocenters. The molecular weight excluding hydrogens is 287 g/mol. The van der Waals surface area contributed by atoms with E-state index in [0.29, 0.717) is 19.8 Å². The van der Waals surface area contributed by atoms with E-state index in [0.717, 1.165) is 22.9 Å². The SMILES string of the molecule is CC(C)n1c(=O)n(C)c2c(OCCOCCP)cccc21. The highest BCUT2D eigenvalue weighted by atomic mass is 31.0. The molecule has 0 aliphatic rings. The molecule has 0 N–H and O–H groups in total. The lowest BCUT2D eigenvalue weighted by molar-refractivity contribution is 0.112. The van der Waals surface area contributed by atoms with Crippen LogP contribution >= 0.6 is 9.24 Å². The molecular formula is C15H23N2O3P. The van der Waals surface area contributed by atoms with E-state index in [-0.39, 0.29) is 11.7 Å². The number of fused-ring (bicyclic) bond motifs is 1. The van der Waals surface area contributed by atoms with Gasteiger partial charge in [0.1, 0.15) is 17.9 Å². The van der Waals surface area contributed by atoms with E-state index in [4.69, 9.17) is 9.47 Å². The molecule has 1 heterocycles. The van der Waals surface area contributed by atoms with E-state index in [1.165, 1.54) is 0 Å². The van der Waals surface area contributed by atoms with Crippen molar-refractivity contribution in [2.75, 3.05) is 26.0 Å². The topological polar surface area (TPSA) is 45.4 Å². The van der Waals surface area contributed by atoms with E-state index in [2.05, 4.69) is 9.24 Å². The molecule has 0 saturated heterocycles. The number of hydrogen-bond donors (Lipinski definition) is 0. The molecule has 0 amide bonds. The molecule has 6 heteroatoms. The Morgan fingerprint density at radius 1 is 1.24 bits per heavy atom. The molecule has 1 aromatic carbocycles. The number of aryl methyl sites for hydroxylation is 1. The van der Waals surface area contributed by atoms with Crippen LogP contribution in [0.25, 0.3) is 11.0 Å². The molecule has 0 fully saturated rings. The van der Waals surface area contributed by atoms with Crippen molar-refractivity contribution in [3.63, 3.8) is 0 Å². The maximum Gasteiger partial charge on any atom is 0.329 e. The van der Waals surface area contributed by atoms with Crippen molar-refractivity contribution in [1.82, 2.24) is 9.13 Å². The number of hydrogen-bond acceptors (Lipinski definition) is 3. The van der Waals surface area contributed by atoms with Crippen molar-refractivity contribution in [2.45, 2.75) is 19.9 Å². The van der Waals surface area contributed by atoms with Crippen molar-refractivity contribution in [3.8, 4) is 5.75 Å². The quantitative estimate of drug-likeness (QED) is 0.582. The minimum Gasteiger partial charge on any atom is -0.489 e. The Hall–Kier alpha value is -1.32. The summed E-state index contributed by atoms with van der Waals surface area (Å²) in [5.41, 5.74) is 1.72. The first kappa shape index (κ1) is 16.1. The zero-order chi connectivity index (χ0) is 15.4. The fraction of sp³-hybridized carbons (Fsp3) is 0.533. The van der Waals surface area contributed by atoms with Gasteiger partial charge >= 0.3 is 5.69 Å². The summed E-state index contributed by atoms with van der Waals surface area (Å²) in [6.45, 7) is 5.74. The number of rotatable bonds is 7. The van der Waals surface area contributed by atoms with Gasteiger partial charge in [0.2, 0.25) is 0 Å². The summed E-state index contributed by atoms with van der Waals surface area (Å²) >= 11 is 0. The molecule has 0 bridgehead atoms. The fourth-order valence-electron chi connectivity index (χ4n) is 2.41. The maximum atomic E-state index is 12.3. The predicted molar refractivity (Wildman–Crippen MR) is 88.5 cm³/mol. The first-order valence-electron chi connectivity index (χ1n) is 7.18. The molecule has 0 radical (unpaired) electrons. The first-order valence-corrected chi connectivity index (χ1v) is 8.00. The third-order valence-electron chi connectivity index (χ3n) is 3.33. The second-order valence-electron chi connectivity index (χ2n) is 5.18. The summed E-state index contributed by atoms with van der Waals surface area (Å²) in [6, 6.07) is 5.87. The summed E-state index contributed by atoms with van der Waals surface area (Å²) in [5.74, 6) is 0.723. The smallest absolute Gasteiger partial charge is 0.329 e. The van der Waals surface area contributed by atoms with Crippen LogP contribution in [0.3, 0.4) is 0 Å². The fourth-order valence-corrected chi connectivity index (χ4v) is 2.58. The van der Waals surface area contributed by atoms with Gasteiger partial charge in [-0.1, -0.05) is 6.07 Å². The van der Waals surface area contributed by atoms with Gasteiger partial charge in [-0.15, -0.1) is 9.24 Å². The summed E-state index contributed by atoms with van der Waals surface area (Å²) in [7, 11) is 4.40. The van der Waals surface area contributed by atoms with Crippen LogP contribution in [-0.4, -0.2) is 35.1 Å². The second-order valence-corrected chi connectivity index (χ2v) is 5.76. The predicted octanol–water partition coefficient (Wildman–Crippen LogP) is 2.19. The van der Waals surface area contributed by atoms with E-state index in [1.54, 1.807) is 16.2 Å². The largest absolute Gasteiger partial charge is 0.489 e. The number of para-hydroxylation sites is 1. The van der Waals surface area contributed by atoms with E-state index in [1.807, 2.05) is 32.0 Å². The van der Waals surface area contributed by atoms with Gasteiger partial charge in [0.15, 0.2) is 0 Å². The second kappa shape index (κ2) is 7.10. The minimum absolute atomic E-state index is 0.0182. The zero-order valence-corrected chi connectivity index (χ0v) is 14.0. The Labute approximate surface area is 127 Å². The van der Waals surface area contributed by atoms with Crippen LogP contribution in [0.1, 0.15) is 19.9 Å². The van der Waals surface area contributed by atoms with Gasteiger partial charge in [-0.25, -0.2) is 4.79 Å². The van der Waals surface area contributed by atoms with Crippen LogP contribution in [0, 0.1) is 0 Å². The van der Waals surface area contributed by atoms with Crippen molar-refractivity contribution >= 4 is 20.3 Å². The standard InChI is InChI=1S/C15H23N2O3P/c1-11(2)17-12-5-4-6-13(14(12)16(3)15(17)18)20-8-7-19-9-10-21/h4-6,11H,7-10,21H2,1-3H3. The highest BCUT2D eigenvalue weighted by molar-refractivity contribution is 7.16.